The summed E-state index contributed by atoms with van der Waals surface area (Å²) in [5, 5.41) is 4.97. The number of aromatic nitrogens is 1. The van der Waals surface area contributed by atoms with E-state index in [-0.39, 0.29) is 45.9 Å². The van der Waals surface area contributed by atoms with Crippen molar-refractivity contribution in [3.8, 4) is 0 Å². The minimum atomic E-state index is -4.54. The Morgan fingerprint density at radius 1 is 0.905 bits per heavy atom. The molecule has 0 aliphatic heterocycles. The quantitative estimate of drug-likeness (QED) is 0.144. The maximum Gasteiger partial charge on any atom is 0.461 e. The highest BCUT2D eigenvalue weighted by molar-refractivity contribution is 6.09. The molecule has 2 N–H and O–H groups in total. The van der Waals surface area contributed by atoms with Gasteiger partial charge in [-0.15, -0.1) is 12.4 Å². The van der Waals surface area contributed by atoms with Crippen LogP contribution in [-0.2, 0) is 22.5 Å². The molecule has 4 aromatic rings. The molecule has 0 saturated heterocycles. The Balaban J connectivity index is 0.00000484. The molecule has 9 nitrogen and oxygen atoms in total. The van der Waals surface area contributed by atoms with Crippen molar-refractivity contribution in [1.29, 1.82) is 0 Å². The highest BCUT2D eigenvalue weighted by Crippen LogP contribution is 2.32. The Hall–Kier alpha value is -4.62. The highest BCUT2D eigenvalue weighted by atomic mass is 35.5. The maximum atomic E-state index is 14.1. The first kappa shape index (κ1) is 31.9. The summed E-state index contributed by atoms with van der Waals surface area (Å²) in [5.41, 5.74) is 0.502. The predicted molar refractivity (Wildman–Crippen MR) is 149 cm³/mol. The van der Waals surface area contributed by atoms with Crippen LogP contribution in [0.2, 0.25) is 0 Å². The number of hydrogen-bond donors (Lipinski definition) is 2. The molecule has 222 valence electrons. The largest absolute Gasteiger partial charge is 0.461 e. The smallest absolute Gasteiger partial charge is 0.308 e. The van der Waals surface area contributed by atoms with Crippen molar-refractivity contribution in [2.75, 3.05) is 24.7 Å². The van der Waals surface area contributed by atoms with E-state index in [9.17, 15) is 31.9 Å². The number of amides is 2. The Labute approximate surface area is 243 Å². The Bertz CT molecular complexity index is 1600. The van der Waals surface area contributed by atoms with Gasteiger partial charge in [0.25, 0.3) is 0 Å². The molecule has 0 fully saturated rings. The first-order valence-corrected chi connectivity index (χ1v) is 12.1. The summed E-state index contributed by atoms with van der Waals surface area (Å²) >= 11 is 0. The van der Waals surface area contributed by atoms with Crippen LogP contribution in [0.3, 0.4) is 0 Å². The SMILES string of the molecule is Cc1c(NC(=O)Nc2ccc(C(F)(F)F)cc2)c2cc(F)ccc2n1C(=O)OOC(=O)c1ccc(CN(C)C)cc1.Cl. The summed E-state index contributed by atoms with van der Waals surface area (Å²) in [4.78, 5) is 49.4. The van der Waals surface area contributed by atoms with Crippen LogP contribution in [0.4, 0.5) is 38.5 Å². The molecule has 0 unspecified atom stereocenters. The average molecular weight is 609 g/mol. The maximum absolute atomic E-state index is 14.1. The molecule has 0 radical (unpaired) electrons. The molecule has 14 heteroatoms. The van der Waals surface area contributed by atoms with Gasteiger partial charge in [-0.1, -0.05) is 12.1 Å². The molecular weight excluding hydrogens is 584 g/mol. The number of carbonyl (C=O) groups is 3. The van der Waals surface area contributed by atoms with Gasteiger partial charge in [0.05, 0.1) is 28.0 Å². The van der Waals surface area contributed by atoms with Crippen LogP contribution in [-0.4, -0.2) is 41.7 Å². The zero-order valence-corrected chi connectivity index (χ0v) is 23.2. The number of benzene rings is 3. The number of fused-ring (bicyclic) bond motifs is 1. The molecule has 1 aromatic heterocycles. The lowest BCUT2D eigenvalue weighted by Gasteiger charge is -2.11. The van der Waals surface area contributed by atoms with E-state index in [1.54, 1.807) is 12.1 Å². The van der Waals surface area contributed by atoms with E-state index >= 15 is 0 Å². The fourth-order valence-electron chi connectivity index (χ4n) is 4.07. The summed E-state index contributed by atoms with van der Waals surface area (Å²) < 4.78 is 53.5. The van der Waals surface area contributed by atoms with Gasteiger partial charge in [-0.3, -0.25) is 0 Å². The molecule has 3 aromatic carbocycles. The predicted octanol–water partition coefficient (Wildman–Crippen LogP) is 6.99. The molecule has 0 aliphatic rings. The monoisotopic (exact) mass is 608 g/mol. The number of halogens is 5. The van der Waals surface area contributed by atoms with Gasteiger partial charge in [-0.2, -0.15) is 13.2 Å². The second kappa shape index (κ2) is 12.9. The number of hydrogen-bond acceptors (Lipinski definition) is 6. The molecule has 0 atom stereocenters. The molecule has 4 rings (SSSR count). The topological polar surface area (TPSA) is 102 Å². The minimum Gasteiger partial charge on any atom is -0.308 e. The van der Waals surface area contributed by atoms with Gasteiger partial charge in [0, 0.05) is 17.6 Å². The summed E-state index contributed by atoms with van der Waals surface area (Å²) in [5.74, 6) is -1.59. The number of nitrogens with zero attached hydrogens (tertiary/aromatic N) is 2. The van der Waals surface area contributed by atoms with Gasteiger partial charge >= 0.3 is 24.3 Å². The highest BCUT2D eigenvalue weighted by Gasteiger charge is 2.30. The van der Waals surface area contributed by atoms with E-state index in [0.29, 0.717) is 6.54 Å². The molecule has 1 heterocycles. The third-order valence-corrected chi connectivity index (χ3v) is 5.93. The van der Waals surface area contributed by atoms with Crippen LogP contribution < -0.4 is 10.6 Å². The molecule has 0 saturated carbocycles. The van der Waals surface area contributed by atoms with Crippen LogP contribution in [0, 0.1) is 12.7 Å². The zero-order chi connectivity index (χ0) is 29.9. The lowest BCUT2D eigenvalue weighted by atomic mass is 10.1. The number of nitrogens with one attached hydrogen (secondary N) is 2. The zero-order valence-electron chi connectivity index (χ0n) is 22.4. The van der Waals surface area contributed by atoms with Crippen molar-refractivity contribution in [1.82, 2.24) is 9.47 Å². The first-order chi connectivity index (χ1) is 19.3. The standard InChI is InChI=1S/C28H24F4N4O5.ClH/c1-16-24(34-26(38)33-21-11-8-19(9-12-21)28(30,31)32)22-14-20(29)10-13-23(22)36(16)27(39)41-40-25(37)18-6-4-17(5-7-18)15-35(2)3;/h4-14H,15H2,1-3H3,(H2,33,34,38);1H. The van der Waals surface area contributed by atoms with Gasteiger partial charge in [0.2, 0.25) is 0 Å². The van der Waals surface area contributed by atoms with Crippen LogP contribution in [0.5, 0.6) is 0 Å². The van der Waals surface area contributed by atoms with Crippen LogP contribution in [0.25, 0.3) is 10.9 Å². The first-order valence-electron chi connectivity index (χ1n) is 12.1. The van der Waals surface area contributed by atoms with Crippen LogP contribution in [0.15, 0.2) is 66.7 Å². The number of rotatable bonds is 5. The molecule has 42 heavy (non-hydrogen) atoms. The molecule has 0 spiro atoms. The van der Waals surface area contributed by atoms with Gasteiger partial charge < -0.3 is 15.5 Å². The fourth-order valence-corrected chi connectivity index (χ4v) is 4.07. The van der Waals surface area contributed by atoms with Crippen molar-refractivity contribution in [3.05, 3.63) is 94.9 Å². The summed E-state index contributed by atoms with van der Waals surface area (Å²) in [6.45, 7) is 2.09. The third-order valence-electron chi connectivity index (χ3n) is 5.93. The van der Waals surface area contributed by atoms with E-state index in [1.165, 1.54) is 25.1 Å². The van der Waals surface area contributed by atoms with Crippen molar-refractivity contribution in [2.24, 2.45) is 0 Å². The second-order valence-electron chi connectivity index (χ2n) is 9.27. The van der Waals surface area contributed by atoms with Gasteiger partial charge in [-0.05, 0) is 81.2 Å². The lowest BCUT2D eigenvalue weighted by Crippen LogP contribution is -2.21. The minimum absolute atomic E-state index is 0. The van der Waals surface area contributed by atoms with Crippen molar-refractivity contribution >= 4 is 52.8 Å². The average Bonchev–Trinajstić information content (AvgIpc) is 3.17. The molecule has 0 aliphatic carbocycles. The number of urea groups is 1. The number of alkyl halides is 3. The summed E-state index contributed by atoms with van der Waals surface area (Å²) in [6.07, 6.45) is -5.68. The van der Waals surface area contributed by atoms with E-state index in [4.69, 9.17) is 9.78 Å². The molecule has 2 amide bonds. The third kappa shape index (κ3) is 7.36. The summed E-state index contributed by atoms with van der Waals surface area (Å²) in [6, 6.07) is 12.8. The Morgan fingerprint density at radius 2 is 1.55 bits per heavy atom. The van der Waals surface area contributed by atoms with E-state index < -0.39 is 35.7 Å². The van der Waals surface area contributed by atoms with Crippen molar-refractivity contribution in [3.63, 3.8) is 0 Å². The van der Waals surface area contributed by atoms with E-state index in [0.717, 1.165) is 46.5 Å². The van der Waals surface area contributed by atoms with Gasteiger partial charge in [0.15, 0.2) is 0 Å². The van der Waals surface area contributed by atoms with E-state index in [2.05, 4.69) is 10.6 Å². The lowest BCUT2D eigenvalue weighted by molar-refractivity contribution is -0.182. The van der Waals surface area contributed by atoms with Gasteiger partial charge in [0.1, 0.15) is 5.82 Å². The Morgan fingerprint density at radius 3 is 2.14 bits per heavy atom. The number of carbonyl (C=O) groups excluding carboxylic acids is 3. The normalized spacial score (nSPS) is 11.1. The van der Waals surface area contributed by atoms with Crippen LogP contribution in [0.1, 0.15) is 27.2 Å². The van der Waals surface area contributed by atoms with Gasteiger partial charge in [-0.25, -0.2) is 33.1 Å². The van der Waals surface area contributed by atoms with Crippen LogP contribution >= 0.6 is 12.4 Å². The molecule has 0 bridgehead atoms. The fraction of sp³-hybridized carbons (Fsp3) is 0.179. The second-order valence-corrected chi connectivity index (χ2v) is 9.27. The van der Waals surface area contributed by atoms with Crippen molar-refractivity contribution < 1.29 is 41.7 Å². The molecular formula is C28H25ClF4N4O5. The summed E-state index contributed by atoms with van der Waals surface area (Å²) in [7, 11) is 3.80. The van der Waals surface area contributed by atoms with Crippen molar-refractivity contribution in [2.45, 2.75) is 19.6 Å². The Kier molecular flexibility index (Phi) is 9.81. The van der Waals surface area contributed by atoms with E-state index in [1.807, 2.05) is 19.0 Å². The number of anilines is 2.